The number of imidazole rings is 1. The minimum Gasteiger partial charge on any atom is -0.342 e. The van der Waals surface area contributed by atoms with E-state index >= 15 is 0 Å². The monoisotopic (exact) mass is 447 g/mol. The maximum absolute atomic E-state index is 13.8. The molecular weight excluding hydrogens is 421 g/mol. The lowest BCUT2D eigenvalue weighted by Gasteiger charge is -2.28. The first-order valence-corrected chi connectivity index (χ1v) is 11.6. The van der Waals surface area contributed by atoms with Crippen LogP contribution >= 0.6 is 11.6 Å². The van der Waals surface area contributed by atoms with Gasteiger partial charge in [0, 0.05) is 18.7 Å². The second-order valence-corrected chi connectivity index (χ2v) is 9.20. The third kappa shape index (κ3) is 3.88. The van der Waals surface area contributed by atoms with Gasteiger partial charge in [0.15, 0.2) is 0 Å². The molecule has 0 amide bonds. The van der Waals surface area contributed by atoms with E-state index in [9.17, 15) is 4.39 Å². The van der Waals surface area contributed by atoms with Gasteiger partial charge in [-0.2, -0.15) is 0 Å². The average Bonchev–Trinajstić information content (AvgIpc) is 3.15. The molecule has 4 aromatic rings. The number of benzene rings is 3. The first-order valence-electron chi connectivity index (χ1n) is 11.3. The SMILES string of the molecule is Cc1cc(-c2ccccc2C)c2nc(N3CCCCC3)n(Cc3ccc(F)c(Cl)c3)c2c1. The minimum atomic E-state index is -0.389. The maximum atomic E-state index is 13.8. The van der Waals surface area contributed by atoms with Gasteiger partial charge in [-0.05, 0) is 79.6 Å². The van der Waals surface area contributed by atoms with Crippen molar-refractivity contribution in [2.75, 3.05) is 18.0 Å². The molecule has 1 fully saturated rings. The summed E-state index contributed by atoms with van der Waals surface area (Å²) in [5.41, 5.74) is 7.88. The molecule has 0 radical (unpaired) electrons. The highest BCUT2D eigenvalue weighted by molar-refractivity contribution is 6.30. The Kier molecular flexibility index (Phi) is 5.64. The number of anilines is 1. The average molecular weight is 448 g/mol. The maximum Gasteiger partial charge on any atom is 0.206 e. The Hall–Kier alpha value is -2.85. The van der Waals surface area contributed by atoms with Crippen LogP contribution in [0.3, 0.4) is 0 Å². The molecule has 1 aromatic heterocycles. The number of rotatable bonds is 4. The highest BCUT2D eigenvalue weighted by Crippen LogP contribution is 2.35. The first kappa shape index (κ1) is 21.0. The van der Waals surface area contributed by atoms with Crippen molar-refractivity contribution in [1.82, 2.24) is 9.55 Å². The standard InChI is InChI=1S/C27H27ClFN3/c1-18-14-22(21-9-5-4-8-19(21)2)26-25(15-18)32(17-20-10-11-24(29)23(28)16-20)27(30-26)31-12-6-3-7-13-31/h4-5,8-11,14-16H,3,6-7,12-13,17H2,1-2H3. The molecular formula is C27H27ClFN3. The Morgan fingerprint density at radius 3 is 2.47 bits per heavy atom. The number of piperidine rings is 1. The Balaban J connectivity index is 1.72. The lowest BCUT2D eigenvalue weighted by atomic mass is 9.97. The van der Waals surface area contributed by atoms with Crippen molar-refractivity contribution in [1.29, 1.82) is 0 Å². The van der Waals surface area contributed by atoms with E-state index in [4.69, 9.17) is 16.6 Å². The van der Waals surface area contributed by atoms with Crippen molar-refractivity contribution in [2.45, 2.75) is 39.7 Å². The summed E-state index contributed by atoms with van der Waals surface area (Å²) in [6.07, 6.45) is 3.61. The van der Waals surface area contributed by atoms with Crippen molar-refractivity contribution in [3.05, 3.63) is 82.1 Å². The van der Waals surface area contributed by atoms with E-state index < -0.39 is 0 Å². The van der Waals surface area contributed by atoms with Crippen LogP contribution in [0.25, 0.3) is 22.2 Å². The predicted molar refractivity (Wildman–Crippen MR) is 131 cm³/mol. The number of aryl methyl sites for hydroxylation is 2. The van der Waals surface area contributed by atoms with Crippen molar-refractivity contribution in [3.8, 4) is 11.1 Å². The number of nitrogens with zero attached hydrogens (tertiary/aromatic N) is 3. The lowest BCUT2D eigenvalue weighted by molar-refractivity contribution is 0.560. The number of halogens is 2. The summed E-state index contributed by atoms with van der Waals surface area (Å²) in [6.45, 7) is 6.89. The van der Waals surface area contributed by atoms with Gasteiger partial charge in [0.05, 0.1) is 22.6 Å². The highest BCUT2D eigenvalue weighted by Gasteiger charge is 2.22. The highest BCUT2D eigenvalue weighted by atomic mass is 35.5. The van der Waals surface area contributed by atoms with Crippen LogP contribution in [0.4, 0.5) is 10.3 Å². The van der Waals surface area contributed by atoms with Crippen LogP contribution < -0.4 is 4.90 Å². The second kappa shape index (κ2) is 8.59. The van der Waals surface area contributed by atoms with Crippen LogP contribution in [-0.4, -0.2) is 22.6 Å². The number of hydrogen-bond acceptors (Lipinski definition) is 2. The predicted octanol–water partition coefficient (Wildman–Crippen LogP) is 7.15. The van der Waals surface area contributed by atoms with Crippen LogP contribution in [0.15, 0.2) is 54.6 Å². The fraction of sp³-hybridized carbons (Fsp3) is 0.296. The van der Waals surface area contributed by atoms with Crippen LogP contribution in [0, 0.1) is 19.7 Å². The van der Waals surface area contributed by atoms with Gasteiger partial charge in [0.1, 0.15) is 5.82 Å². The Morgan fingerprint density at radius 1 is 0.938 bits per heavy atom. The largest absolute Gasteiger partial charge is 0.342 e. The number of fused-ring (bicyclic) bond motifs is 1. The molecule has 164 valence electrons. The summed E-state index contributed by atoms with van der Waals surface area (Å²) in [5.74, 6) is 0.598. The minimum absolute atomic E-state index is 0.156. The molecule has 1 saturated heterocycles. The van der Waals surface area contributed by atoms with Crippen molar-refractivity contribution in [3.63, 3.8) is 0 Å². The smallest absolute Gasteiger partial charge is 0.206 e. The fourth-order valence-electron chi connectivity index (χ4n) is 4.74. The van der Waals surface area contributed by atoms with Gasteiger partial charge in [0.2, 0.25) is 5.95 Å². The van der Waals surface area contributed by atoms with E-state index in [2.05, 4.69) is 59.7 Å². The molecule has 0 spiro atoms. The lowest BCUT2D eigenvalue weighted by Crippen LogP contribution is -2.32. The quantitative estimate of drug-likeness (QED) is 0.331. The molecule has 1 aliphatic heterocycles. The Labute approximate surface area is 193 Å². The molecule has 5 rings (SSSR count). The van der Waals surface area contributed by atoms with Gasteiger partial charge in [-0.25, -0.2) is 9.37 Å². The summed E-state index contributed by atoms with van der Waals surface area (Å²) >= 11 is 6.10. The van der Waals surface area contributed by atoms with Gasteiger partial charge < -0.3 is 9.47 Å². The first-order chi connectivity index (χ1) is 15.5. The fourth-order valence-corrected chi connectivity index (χ4v) is 4.95. The zero-order valence-corrected chi connectivity index (χ0v) is 19.3. The van der Waals surface area contributed by atoms with Gasteiger partial charge >= 0.3 is 0 Å². The third-order valence-corrected chi connectivity index (χ3v) is 6.67. The van der Waals surface area contributed by atoms with Gasteiger partial charge in [-0.1, -0.05) is 41.9 Å². The molecule has 3 nitrogen and oxygen atoms in total. The molecule has 32 heavy (non-hydrogen) atoms. The van der Waals surface area contributed by atoms with Gasteiger partial charge in [0.25, 0.3) is 0 Å². The third-order valence-electron chi connectivity index (χ3n) is 6.38. The second-order valence-electron chi connectivity index (χ2n) is 8.79. The molecule has 3 aromatic carbocycles. The van der Waals surface area contributed by atoms with E-state index in [-0.39, 0.29) is 10.8 Å². The molecule has 2 heterocycles. The van der Waals surface area contributed by atoms with Crippen molar-refractivity contribution < 1.29 is 4.39 Å². The van der Waals surface area contributed by atoms with E-state index in [1.165, 1.54) is 42.0 Å². The van der Waals surface area contributed by atoms with E-state index in [1.807, 2.05) is 6.07 Å². The molecule has 0 atom stereocenters. The van der Waals surface area contributed by atoms with Crippen molar-refractivity contribution >= 4 is 28.6 Å². The molecule has 0 N–H and O–H groups in total. The summed E-state index contributed by atoms with van der Waals surface area (Å²) in [5, 5.41) is 0.156. The molecule has 0 saturated carbocycles. The topological polar surface area (TPSA) is 21.1 Å². The van der Waals surface area contributed by atoms with Crippen LogP contribution in [0.2, 0.25) is 5.02 Å². The summed E-state index contributed by atoms with van der Waals surface area (Å²) < 4.78 is 16.0. The zero-order valence-electron chi connectivity index (χ0n) is 18.5. The normalized spacial score (nSPS) is 14.3. The van der Waals surface area contributed by atoms with Crippen LogP contribution in [-0.2, 0) is 6.54 Å². The van der Waals surface area contributed by atoms with E-state index in [1.54, 1.807) is 6.07 Å². The number of aromatic nitrogens is 2. The van der Waals surface area contributed by atoms with Crippen LogP contribution in [0.5, 0.6) is 0 Å². The molecule has 5 heteroatoms. The molecule has 0 bridgehead atoms. The zero-order chi connectivity index (χ0) is 22.2. The summed E-state index contributed by atoms with van der Waals surface area (Å²) in [7, 11) is 0. The van der Waals surface area contributed by atoms with Crippen LogP contribution in [0.1, 0.15) is 36.0 Å². The Morgan fingerprint density at radius 2 is 1.72 bits per heavy atom. The molecule has 0 unspecified atom stereocenters. The Bertz CT molecular complexity index is 1290. The van der Waals surface area contributed by atoms with Gasteiger partial charge in [-0.15, -0.1) is 0 Å². The molecule has 1 aliphatic rings. The summed E-state index contributed by atoms with van der Waals surface area (Å²) in [6, 6.07) is 17.9. The summed E-state index contributed by atoms with van der Waals surface area (Å²) in [4.78, 5) is 7.61. The molecule has 0 aliphatic carbocycles. The number of hydrogen-bond donors (Lipinski definition) is 0. The van der Waals surface area contributed by atoms with Crippen molar-refractivity contribution in [2.24, 2.45) is 0 Å². The van der Waals surface area contributed by atoms with E-state index in [0.29, 0.717) is 6.54 Å². The van der Waals surface area contributed by atoms with Gasteiger partial charge in [-0.3, -0.25) is 0 Å². The van der Waals surface area contributed by atoms with E-state index in [0.717, 1.165) is 41.2 Å².